The van der Waals surface area contributed by atoms with Crippen LogP contribution >= 0.6 is 11.6 Å². The Morgan fingerprint density at radius 3 is 2.83 bits per heavy atom. The zero-order valence-corrected chi connectivity index (χ0v) is 11.9. The number of halogens is 1. The molecule has 0 spiro atoms. The first-order valence-electron chi connectivity index (χ1n) is 6.23. The number of rotatable bonds is 6. The van der Waals surface area contributed by atoms with Gasteiger partial charge in [-0.25, -0.2) is 0 Å². The minimum Gasteiger partial charge on any atom is -0.491 e. The fourth-order valence-corrected chi connectivity index (χ4v) is 1.52. The predicted molar refractivity (Wildman–Crippen MR) is 75.5 cm³/mol. The third kappa shape index (κ3) is 4.22. The highest BCUT2D eigenvalue weighted by atomic mass is 35.5. The molecule has 0 saturated heterocycles. The molecule has 1 aromatic carbocycles. The van der Waals surface area contributed by atoms with Crippen LogP contribution < -0.4 is 10.1 Å². The number of nitrogens with one attached hydrogen (secondary N) is 1. The first-order chi connectivity index (χ1) is 8.56. The minimum absolute atomic E-state index is 0.216. The summed E-state index contributed by atoms with van der Waals surface area (Å²) in [5.41, 5.74) is 1.68. The van der Waals surface area contributed by atoms with E-state index >= 15 is 0 Å². The van der Waals surface area contributed by atoms with Crippen molar-refractivity contribution in [2.45, 2.75) is 39.0 Å². The van der Waals surface area contributed by atoms with Gasteiger partial charge in [-0.15, -0.1) is 11.6 Å². The maximum Gasteiger partial charge on any atom is 0.242 e. The molecule has 0 aromatic heterocycles. The molecular formula is C14H20ClNO2. The van der Waals surface area contributed by atoms with Gasteiger partial charge in [0.2, 0.25) is 5.91 Å². The fraction of sp³-hybridized carbons (Fsp3) is 0.500. The number of unbranched alkanes of at least 4 members (excludes halogenated alkanes) is 1. The third-order valence-electron chi connectivity index (χ3n) is 2.60. The minimum atomic E-state index is -0.562. The number of ether oxygens (including phenoxy) is 1. The van der Waals surface area contributed by atoms with Crippen molar-refractivity contribution in [1.29, 1.82) is 0 Å². The van der Waals surface area contributed by atoms with E-state index in [1.807, 2.05) is 25.1 Å². The van der Waals surface area contributed by atoms with Crippen LogP contribution in [0.15, 0.2) is 18.2 Å². The summed E-state index contributed by atoms with van der Waals surface area (Å²) in [5.74, 6) is 0.487. The predicted octanol–water partition coefficient (Wildman–Crippen LogP) is 3.74. The molecule has 1 unspecified atom stereocenters. The van der Waals surface area contributed by atoms with Gasteiger partial charge >= 0.3 is 0 Å². The van der Waals surface area contributed by atoms with Gasteiger partial charge in [-0.05, 0) is 31.9 Å². The van der Waals surface area contributed by atoms with Crippen molar-refractivity contribution in [3.8, 4) is 5.75 Å². The van der Waals surface area contributed by atoms with E-state index in [0.717, 1.165) is 18.4 Å². The second-order valence-corrected chi connectivity index (χ2v) is 4.91. The molecule has 100 valence electrons. The SMILES string of the molecule is CCCCOc1cccc(C)c1NC(=O)C(C)Cl. The Bertz CT molecular complexity index is 405. The summed E-state index contributed by atoms with van der Waals surface area (Å²) in [7, 11) is 0. The van der Waals surface area contributed by atoms with Crippen LogP contribution in [0.4, 0.5) is 5.69 Å². The quantitative estimate of drug-likeness (QED) is 0.631. The Kier molecular flexibility index (Phi) is 5.99. The van der Waals surface area contributed by atoms with E-state index in [-0.39, 0.29) is 5.91 Å². The van der Waals surface area contributed by atoms with Gasteiger partial charge in [-0.2, -0.15) is 0 Å². The summed E-state index contributed by atoms with van der Waals surface area (Å²) in [6.07, 6.45) is 2.07. The van der Waals surface area contributed by atoms with Crippen molar-refractivity contribution in [3.05, 3.63) is 23.8 Å². The molecule has 1 aromatic rings. The van der Waals surface area contributed by atoms with Crippen LogP contribution in [0.3, 0.4) is 0 Å². The number of aryl methyl sites for hydroxylation is 1. The van der Waals surface area contributed by atoms with Crippen molar-refractivity contribution in [2.75, 3.05) is 11.9 Å². The fourth-order valence-electron chi connectivity index (χ4n) is 1.47. The van der Waals surface area contributed by atoms with Crippen molar-refractivity contribution in [3.63, 3.8) is 0 Å². The van der Waals surface area contributed by atoms with Gasteiger partial charge in [0, 0.05) is 0 Å². The lowest BCUT2D eigenvalue weighted by molar-refractivity contribution is -0.115. The lowest BCUT2D eigenvalue weighted by atomic mass is 10.2. The highest BCUT2D eigenvalue weighted by Gasteiger charge is 2.14. The maximum atomic E-state index is 11.6. The van der Waals surface area contributed by atoms with Crippen LogP contribution in [0.2, 0.25) is 0 Å². The van der Waals surface area contributed by atoms with Gasteiger partial charge in [0.1, 0.15) is 11.1 Å². The second kappa shape index (κ2) is 7.27. The zero-order valence-electron chi connectivity index (χ0n) is 11.1. The molecule has 1 rings (SSSR count). The molecule has 1 amide bonds. The van der Waals surface area contributed by atoms with Gasteiger partial charge < -0.3 is 10.1 Å². The standard InChI is InChI=1S/C14H20ClNO2/c1-4-5-9-18-12-8-6-7-10(2)13(12)16-14(17)11(3)15/h6-8,11H,4-5,9H2,1-3H3,(H,16,17). The van der Waals surface area contributed by atoms with Crippen LogP contribution in [0.5, 0.6) is 5.75 Å². The number of hydrogen-bond donors (Lipinski definition) is 1. The first kappa shape index (κ1) is 14.8. The summed E-state index contributed by atoms with van der Waals surface area (Å²) in [5, 5.41) is 2.25. The number of carbonyl (C=O) groups excluding carboxylic acids is 1. The molecule has 0 heterocycles. The van der Waals surface area contributed by atoms with E-state index in [9.17, 15) is 4.79 Å². The lowest BCUT2D eigenvalue weighted by Crippen LogP contribution is -2.21. The molecule has 0 saturated carbocycles. The van der Waals surface area contributed by atoms with Crippen molar-refractivity contribution in [1.82, 2.24) is 0 Å². The van der Waals surface area contributed by atoms with E-state index in [4.69, 9.17) is 16.3 Å². The summed E-state index contributed by atoms with van der Waals surface area (Å²) < 4.78 is 5.68. The molecule has 3 nitrogen and oxygen atoms in total. The summed E-state index contributed by atoms with van der Waals surface area (Å²) in [6, 6.07) is 5.70. The molecule has 0 aliphatic heterocycles. The van der Waals surface area contributed by atoms with Crippen LogP contribution in [-0.4, -0.2) is 17.9 Å². The van der Waals surface area contributed by atoms with E-state index < -0.39 is 5.38 Å². The molecule has 0 radical (unpaired) electrons. The van der Waals surface area contributed by atoms with Crippen molar-refractivity contribution in [2.24, 2.45) is 0 Å². The van der Waals surface area contributed by atoms with Gasteiger partial charge in [-0.3, -0.25) is 4.79 Å². The Labute approximate surface area is 113 Å². The number of alkyl halides is 1. The Balaban J connectivity index is 2.83. The average Bonchev–Trinajstić information content (AvgIpc) is 2.33. The van der Waals surface area contributed by atoms with E-state index in [1.54, 1.807) is 6.92 Å². The molecule has 0 aliphatic rings. The number of carbonyl (C=O) groups is 1. The molecule has 1 N–H and O–H groups in total. The van der Waals surface area contributed by atoms with E-state index in [1.165, 1.54) is 0 Å². The number of para-hydroxylation sites is 1. The number of hydrogen-bond acceptors (Lipinski definition) is 2. The smallest absolute Gasteiger partial charge is 0.242 e. The third-order valence-corrected chi connectivity index (χ3v) is 2.80. The molecule has 18 heavy (non-hydrogen) atoms. The molecule has 0 aliphatic carbocycles. The lowest BCUT2D eigenvalue weighted by Gasteiger charge is -2.15. The van der Waals surface area contributed by atoms with Crippen molar-refractivity contribution >= 4 is 23.2 Å². The van der Waals surface area contributed by atoms with Gasteiger partial charge in [-0.1, -0.05) is 25.5 Å². The summed E-state index contributed by atoms with van der Waals surface area (Å²) in [4.78, 5) is 11.6. The topological polar surface area (TPSA) is 38.3 Å². The zero-order chi connectivity index (χ0) is 13.5. The Hall–Kier alpha value is -1.22. The maximum absolute atomic E-state index is 11.6. The number of anilines is 1. The number of benzene rings is 1. The highest BCUT2D eigenvalue weighted by Crippen LogP contribution is 2.28. The first-order valence-corrected chi connectivity index (χ1v) is 6.67. The van der Waals surface area contributed by atoms with Crippen LogP contribution in [0.25, 0.3) is 0 Å². The van der Waals surface area contributed by atoms with E-state index in [0.29, 0.717) is 18.0 Å². The highest BCUT2D eigenvalue weighted by molar-refractivity contribution is 6.32. The molecule has 0 bridgehead atoms. The number of amides is 1. The normalized spacial score (nSPS) is 12.0. The Morgan fingerprint density at radius 1 is 1.50 bits per heavy atom. The largest absolute Gasteiger partial charge is 0.491 e. The second-order valence-electron chi connectivity index (χ2n) is 4.26. The molecule has 4 heteroatoms. The monoisotopic (exact) mass is 269 g/mol. The van der Waals surface area contributed by atoms with E-state index in [2.05, 4.69) is 12.2 Å². The average molecular weight is 270 g/mol. The molecular weight excluding hydrogens is 250 g/mol. The van der Waals surface area contributed by atoms with Gasteiger partial charge in [0.15, 0.2) is 0 Å². The molecule has 0 fully saturated rings. The summed E-state index contributed by atoms with van der Waals surface area (Å²) in [6.45, 7) is 6.34. The van der Waals surface area contributed by atoms with Gasteiger partial charge in [0.25, 0.3) is 0 Å². The molecule has 1 atom stereocenters. The van der Waals surface area contributed by atoms with Gasteiger partial charge in [0.05, 0.1) is 12.3 Å². The Morgan fingerprint density at radius 2 is 2.22 bits per heavy atom. The summed E-state index contributed by atoms with van der Waals surface area (Å²) >= 11 is 5.76. The van der Waals surface area contributed by atoms with Crippen LogP contribution in [0, 0.1) is 6.92 Å². The van der Waals surface area contributed by atoms with Crippen LogP contribution in [0.1, 0.15) is 32.3 Å². The van der Waals surface area contributed by atoms with Crippen molar-refractivity contribution < 1.29 is 9.53 Å². The van der Waals surface area contributed by atoms with Crippen LogP contribution in [-0.2, 0) is 4.79 Å².